The Balaban J connectivity index is 1.20. The lowest BCUT2D eigenvalue weighted by atomic mass is 10.1. The number of halogens is 1. The molecule has 1 saturated heterocycles. The number of anilines is 1. The molecule has 160 valence electrons. The number of aromatic nitrogens is 2. The largest absolute Gasteiger partial charge is 0.369 e. The Morgan fingerprint density at radius 2 is 1.71 bits per heavy atom. The first-order valence-corrected chi connectivity index (χ1v) is 11.6. The van der Waals surface area contributed by atoms with E-state index in [1.54, 1.807) is 6.20 Å². The van der Waals surface area contributed by atoms with Crippen molar-refractivity contribution in [3.63, 3.8) is 0 Å². The van der Waals surface area contributed by atoms with Crippen molar-refractivity contribution in [3.05, 3.63) is 82.9 Å². The van der Waals surface area contributed by atoms with E-state index in [0.717, 1.165) is 36.1 Å². The van der Waals surface area contributed by atoms with Crippen LogP contribution in [0.2, 0.25) is 5.02 Å². The fourth-order valence-corrected chi connectivity index (χ4v) is 4.56. The van der Waals surface area contributed by atoms with Crippen LogP contribution in [-0.4, -0.2) is 47.2 Å². The number of hydrogen-bond donors (Lipinski definition) is 0. The van der Waals surface area contributed by atoms with E-state index in [1.165, 1.54) is 49.3 Å². The van der Waals surface area contributed by atoms with Gasteiger partial charge in [0.05, 0.1) is 6.33 Å². The third kappa shape index (κ3) is 5.57. The molecule has 3 aromatic rings. The summed E-state index contributed by atoms with van der Waals surface area (Å²) in [7, 11) is 0. The van der Waals surface area contributed by atoms with Crippen LogP contribution in [0.4, 0.5) is 5.69 Å². The van der Waals surface area contributed by atoms with Gasteiger partial charge in [-0.25, -0.2) is 4.98 Å². The first-order chi connectivity index (χ1) is 15.2. The van der Waals surface area contributed by atoms with E-state index in [1.807, 2.05) is 29.2 Å². The smallest absolute Gasteiger partial charge is 0.0949 e. The number of imidazole rings is 1. The Morgan fingerprint density at radius 3 is 2.42 bits per heavy atom. The molecule has 2 heterocycles. The number of piperazine rings is 1. The van der Waals surface area contributed by atoms with Gasteiger partial charge in [0.25, 0.3) is 0 Å². The third-order valence-corrected chi connectivity index (χ3v) is 6.43. The van der Waals surface area contributed by atoms with Crippen molar-refractivity contribution in [2.75, 3.05) is 37.6 Å². The van der Waals surface area contributed by atoms with Crippen LogP contribution in [0.1, 0.15) is 29.5 Å². The molecule has 0 bridgehead atoms. The number of nitrogens with zero attached hydrogens (tertiary/aromatic N) is 4. The summed E-state index contributed by atoms with van der Waals surface area (Å²) < 4.78 is 2.05. The van der Waals surface area contributed by atoms with Gasteiger partial charge in [0.2, 0.25) is 0 Å². The van der Waals surface area contributed by atoms with Crippen LogP contribution in [0, 0.1) is 5.92 Å². The molecule has 0 N–H and O–H groups in total. The molecule has 5 rings (SSSR count). The Morgan fingerprint density at radius 1 is 0.935 bits per heavy atom. The highest BCUT2D eigenvalue weighted by Gasteiger charge is 2.26. The highest BCUT2D eigenvalue weighted by Crippen LogP contribution is 2.30. The minimum atomic E-state index is 0.758. The van der Waals surface area contributed by atoms with Gasteiger partial charge in [-0.2, -0.15) is 0 Å². The maximum Gasteiger partial charge on any atom is 0.0949 e. The summed E-state index contributed by atoms with van der Waals surface area (Å²) >= 11 is 6.35. The standard InChI is InChI=1S/C26H29ClN4/c27-25-16-23(15-24(17-25)19-30-10-9-28-20-30)4-1-21-5-7-26(8-6-21)31-13-11-29(12-14-31)18-22-2-3-22/h1,4-10,15-17,20,22H,2-3,11-14,18-19H2. The van der Waals surface area contributed by atoms with Crippen molar-refractivity contribution >= 4 is 29.4 Å². The Bertz CT molecular complexity index is 1010. The van der Waals surface area contributed by atoms with Gasteiger partial charge >= 0.3 is 0 Å². The predicted molar refractivity (Wildman–Crippen MR) is 130 cm³/mol. The SMILES string of the molecule is Clc1cc(C=Cc2ccc(N3CCN(CC4CC4)CC3)cc2)cc(Cn2ccnc2)c1. The molecule has 5 heteroatoms. The predicted octanol–water partition coefficient (Wildman–Crippen LogP) is 5.29. The Labute approximate surface area is 189 Å². The summed E-state index contributed by atoms with van der Waals surface area (Å²) in [4.78, 5) is 9.25. The fourth-order valence-electron chi connectivity index (χ4n) is 4.30. The molecule has 1 aliphatic carbocycles. The van der Waals surface area contributed by atoms with Crippen LogP contribution < -0.4 is 4.90 Å². The maximum absolute atomic E-state index is 6.35. The zero-order chi connectivity index (χ0) is 21.0. The Hall–Kier alpha value is -2.56. The summed E-state index contributed by atoms with van der Waals surface area (Å²) in [6.45, 7) is 6.71. The monoisotopic (exact) mass is 432 g/mol. The third-order valence-electron chi connectivity index (χ3n) is 6.22. The van der Waals surface area contributed by atoms with Crippen molar-refractivity contribution in [1.29, 1.82) is 0 Å². The van der Waals surface area contributed by atoms with Gasteiger partial charge < -0.3 is 9.47 Å². The summed E-state index contributed by atoms with van der Waals surface area (Å²) in [5.74, 6) is 0.985. The molecule has 2 aliphatic rings. The second-order valence-electron chi connectivity index (χ2n) is 8.78. The molecule has 0 spiro atoms. The number of benzene rings is 2. The number of hydrogen-bond acceptors (Lipinski definition) is 3. The normalized spacial score (nSPS) is 17.5. The quantitative estimate of drug-likeness (QED) is 0.474. The van der Waals surface area contributed by atoms with Crippen molar-refractivity contribution < 1.29 is 0 Å². The molecule has 2 aromatic carbocycles. The van der Waals surface area contributed by atoms with Crippen LogP contribution in [0.5, 0.6) is 0 Å². The second kappa shape index (κ2) is 9.29. The van der Waals surface area contributed by atoms with E-state index >= 15 is 0 Å². The minimum Gasteiger partial charge on any atom is -0.369 e. The van der Waals surface area contributed by atoms with E-state index in [4.69, 9.17) is 11.6 Å². The first-order valence-electron chi connectivity index (χ1n) is 11.2. The molecule has 2 fully saturated rings. The van der Waals surface area contributed by atoms with E-state index in [2.05, 4.69) is 57.3 Å². The van der Waals surface area contributed by atoms with Crippen molar-refractivity contribution in [2.45, 2.75) is 19.4 Å². The van der Waals surface area contributed by atoms with Gasteiger partial charge in [0.15, 0.2) is 0 Å². The average molecular weight is 433 g/mol. The summed E-state index contributed by atoms with van der Waals surface area (Å²) in [6.07, 6.45) is 12.8. The lowest BCUT2D eigenvalue weighted by Gasteiger charge is -2.36. The summed E-state index contributed by atoms with van der Waals surface area (Å²) in [5, 5.41) is 0.758. The maximum atomic E-state index is 6.35. The highest BCUT2D eigenvalue weighted by atomic mass is 35.5. The van der Waals surface area contributed by atoms with Crippen LogP contribution >= 0.6 is 11.6 Å². The zero-order valence-corrected chi connectivity index (χ0v) is 18.6. The molecule has 4 nitrogen and oxygen atoms in total. The molecule has 0 unspecified atom stereocenters. The Kier molecular flexibility index (Phi) is 6.10. The molecule has 31 heavy (non-hydrogen) atoms. The lowest BCUT2D eigenvalue weighted by molar-refractivity contribution is 0.248. The van der Waals surface area contributed by atoms with Gasteiger partial charge in [0, 0.05) is 62.4 Å². The zero-order valence-electron chi connectivity index (χ0n) is 17.8. The molecule has 1 saturated carbocycles. The molecule has 1 aliphatic heterocycles. The molecule has 0 amide bonds. The van der Waals surface area contributed by atoms with Crippen molar-refractivity contribution in [1.82, 2.24) is 14.5 Å². The summed E-state index contributed by atoms with van der Waals surface area (Å²) in [6, 6.07) is 15.1. The van der Waals surface area contributed by atoms with Crippen molar-refractivity contribution in [2.24, 2.45) is 5.92 Å². The fraction of sp³-hybridized carbons (Fsp3) is 0.346. The van der Waals surface area contributed by atoms with Gasteiger partial charge in [-0.1, -0.05) is 35.9 Å². The summed E-state index contributed by atoms with van der Waals surface area (Å²) in [5.41, 5.74) is 4.81. The highest BCUT2D eigenvalue weighted by molar-refractivity contribution is 6.30. The topological polar surface area (TPSA) is 24.3 Å². The van der Waals surface area contributed by atoms with Gasteiger partial charge in [-0.3, -0.25) is 4.90 Å². The number of rotatable bonds is 7. The van der Waals surface area contributed by atoms with E-state index < -0.39 is 0 Å². The van der Waals surface area contributed by atoms with Gasteiger partial charge in [-0.15, -0.1) is 0 Å². The molecular formula is C26H29ClN4. The molecule has 1 aromatic heterocycles. The van der Waals surface area contributed by atoms with Gasteiger partial charge in [0.1, 0.15) is 0 Å². The first kappa shape index (κ1) is 20.3. The van der Waals surface area contributed by atoms with Gasteiger partial charge in [-0.05, 0) is 65.8 Å². The van der Waals surface area contributed by atoms with Crippen LogP contribution in [-0.2, 0) is 6.54 Å². The minimum absolute atomic E-state index is 0.758. The average Bonchev–Trinajstić information content (AvgIpc) is 3.45. The van der Waals surface area contributed by atoms with Crippen LogP contribution in [0.25, 0.3) is 12.2 Å². The van der Waals surface area contributed by atoms with Crippen LogP contribution in [0.15, 0.2) is 61.2 Å². The second-order valence-corrected chi connectivity index (χ2v) is 9.22. The lowest BCUT2D eigenvalue weighted by Crippen LogP contribution is -2.47. The molecular weight excluding hydrogens is 404 g/mol. The van der Waals surface area contributed by atoms with E-state index in [9.17, 15) is 0 Å². The molecule has 0 radical (unpaired) electrons. The van der Waals surface area contributed by atoms with E-state index in [-0.39, 0.29) is 0 Å². The van der Waals surface area contributed by atoms with Crippen LogP contribution in [0.3, 0.4) is 0 Å². The molecule has 0 atom stereocenters. The van der Waals surface area contributed by atoms with Crippen molar-refractivity contribution in [3.8, 4) is 0 Å². The van der Waals surface area contributed by atoms with E-state index in [0.29, 0.717) is 0 Å².